The lowest BCUT2D eigenvalue weighted by Crippen LogP contribution is -2.12. The van der Waals surface area contributed by atoms with Gasteiger partial charge < -0.3 is 10.1 Å². The molecule has 0 saturated carbocycles. The number of amides is 1. The highest BCUT2D eigenvalue weighted by Crippen LogP contribution is 2.20. The summed E-state index contributed by atoms with van der Waals surface area (Å²) in [6.45, 7) is 1.94. The number of hydrogen-bond donors (Lipinski definition) is 1. The lowest BCUT2D eigenvalue weighted by Gasteiger charge is -2.09. The summed E-state index contributed by atoms with van der Waals surface area (Å²) in [7, 11) is 1.60. The van der Waals surface area contributed by atoms with Gasteiger partial charge in [-0.2, -0.15) is 0 Å². The molecule has 4 heteroatoms. The van der Waals surface area contributed by atoms with Crippen LogP contribution in [0.5, 0.6) is 5.75 Å². The van der Waals surface area contributed by atoms with E-state index in [-0.39, 0.29) is 5.91 Å². The molecule has 2 aromatic rings. The van der Waals surface area contributed by atoms with Crippen molar-refractivity contribution >= 4 is 34.2 Å². The van der Waals surface area contributed by atoms with E-state index in [0.717, 1.165) is 20.6 Å². The van der Waals surface area contributed by atoms with Gasteiger partial charge in [-0.05, 0) is 65.4 Å². The number of hydrogen-bond acceptors (Lipinski definition) is 2. The van der Waals surface area contributed by atoms with Crippen molar-refractivity contribution in [1.29, 1.82) is 0 Å². The first-order chi connectivity index (χ1) is 9.10. The van der Waals surface area contributed by atoms with Crippen LogP contribution < -0.4 is 10.1 Å². The lowest BCUT2D eigenvalue weighted by atomic mass is 10.1. The zero-order valence-corrected chi connectivity index (χ0v) is 12.9. The summed E-state index contributed by atoms with van der Waals surface area (Å²) in [5.41, 5.74) is 2.38. The maximum absolute atomic E-state index is 12.1. The number of halogens is 1. The van der Waals surface area contributed by atoms with Crippen molar-refractivity contribution in [3.63, 3.8) is 0 Å². The van der Waals surface area contributed by atoms with Crippen LogP contribution in [0.25, 0.3) is 0 Å². The first kappa shape index (κ1) is 13.9. The Morgan fingerprint density at radius 1 is 1.21 bits per heavy atom. The molecule has 0 aliphatic rings. The van der Waals surface area contributed by atoms with Crippen molar-refractivity contribution in [1.82, 2.24) is 0 Å². The molecule has 98 valence electrons. The minimum absolute atomic E-state index is 0.139. The standard InChI is InChI=1S/C15H14INO2/c1-10-6-7-11(8-14(10)19-2)15(18)17-13-5-3-4-12(16)9-13/h3-9H,1-2H3,(H,17,18). The van der Waals surface area contributed by atoms with Crippen molar-refractivity contribution in [2.24, 2.45) is 0 Å². The second kappa shape index (κ2) is 6.06. The number of rotatable bonds is 3. The summed E-state index contributed by atoms with van der Waals surface area (Å²) in [6.07, 6.45) is 0. The third-order valence-electron chi connectivity index (χ3n) is 2.75. The van der Waals surface area contributed by atoms with E-state index in [0.29, 0.717) is 5.56 Å². The maximum atomic E-state index is 12.1. The van der Waals surface area contributed by atoms with Gasteiger partial charge in [0.05, 0.1) is 7.11 Å². The van der Waals surface area contributed by atoms with E-state index < -0.39 is 0 Å². The highest BCUT2D eigenvalue weighted by Gasteiger charge is 2.08. The van der Waals surface area contributed by atoms with Gasteiger partial charge in [-0.15, -0.1) is 0 Å². The molecular weight excluding hydrogens is 353 g/mol. The van der Waals surface area contributed by atoms with Crippen LogP contribution in [0, 0.1) is 10.5 Å². The van der Waals surface area contributed by atoms with E-state index >= 15 is 0 Å². The van der Waals surface area contributed by atoms with E-state index in [9.17, 15) is 4.79 Å². The molecule has 3 nitrogen and oxygen atoms in total. The molecule has 0 aliphatic carbocycles. The summed E-state index contributed by atoms with van der Waals surface area (Å²) in [5.74, 6) is 0.579. The first-order valence-electron chi connectivity index (χ1n) is 5.81. The molecule has 0 heterocycles. The number of methoxy groups -OCH3 is 1. The molecule has 0 fully saturated rings. The minimum atomic E-state index is -0.139. The van der Waals surface area contributed by atoms with Gasteiger partial charge in [-0.1, -0.05) is 12.1 Å². The molecule has 0 bridgehead atoms. The predicted molar refractivity (Wildman–Crippen MR) is 84.8 cm³/mol. The second-order valence-electron chi connectivity index (χ2n) is 4.15. The monoisotopic (exact) mass is 367 g/mol. The van der Waals surface area contributed by atoms with Crippen LogP contribution >= 0.6 is 22.6 Å². The quantitative estimate of drug-likeness (QED) is 0.837. The van der Waals surface area contributed by atoms with Gasteiger partial charge in [-0.3, -0.25) is 4.79 Å². The maximum Gasteiger partial charge on any atom is 0.255 e. The van der Waals surface area contributed by atoms with Gasteiger partial charge in [-0.25, -0.2) is 0 Å². The van der Waals surface area contributed by atoms with Gasteiger partial charge in [0.25, 0.3) is 5.91 Å². The Labute approximate surface area is 126 Å². The fraction of sp³-hybridized carbons (Fsp3) is 0.133. The van der Waals surface area contributed by atoms with Crippen LogP contribution in [0.4, 0.5) is 5.69 Å². The number of carbonyl (C=O) groups is 1. The largest absolute Gasteiger partial charge is 0.496 e. The Morgan fingerprint density at radius 2 is 2.00 bits per heavy atom. The summed E-state index contributed by atoms with van der Waals surface area (Å²) in [6, 6.07) is 13.1. The number of ether oxygens (including phenoxy) is 1. The molecule has 2 rings (SSSR count). The van der Waals surface area contributed by atoms with E-state index in [2.05, 4.69) is 27.9 Å². The van der Waals surface area contributed by atoms with Gasteiger partial charge >= 0.3 is 0 Å². The van der Waals surface area contributed by atoms with E-state index in [1.807, 2.05) is 37.3 Å². The number of anilines is 1. The number of nitrogens with one attached hydrogen (secondary N) is 1. The Bertz CT molecular complexity index is 611. The minimum Gasteiger partial charge on any atom is -0.496 e. The molecule has 0 spiro atoms. The molecule has 0 aliphatic heterocycles. The molecule has 0 radical (unpaired) electrons. The zero-order valence-electron chi connectivity index (χ0n) is 10.7. The van der Waals surface area contributed by atoms with E-state index in [1.54, 1.807) is 19.2 Å². The number of carbonyl (C=O) groups excluding carboxylic acids is 1. The third-order valence-corrected chi connectivity index (χ3v) is 3.42. The SMILES string of the molecule is COc1cc(C(=O)Nc2cccc(I)c2)ccc1C. The lowest BCUT2D eigenvalue weighted by molar-refractivity contribution is 0.102. The van der Waals surface area contributed by atoms with Crippen LogP contribution in [-0.2, 0) is 0 Å². The van der Waals surface area contributed by atoms with Crippen molar-refractivity contribution in [3.8, 4) is 5.75 Å². The molecule has 0 aromatic heterocycles. The summed E-state index contributed by atoms with van der Waals surface area (Å²) >= 11 is 2.21. The van der Waals surface area contributed by atoms with E-state index in [4.69, 9.17) is 4.74 Å². The molecule has 1 amide bonds. The van der Waals surface area contributed by atoms with Crippen molar-refractivity contribution < 1.29 is 9.53 Å². The van der Waals surface area contributed by atoms with Crippen LogP contribution in [0.2, 0.25) is 0 Å². The van der Waals surface area contributed by atoms with Crippen LogP contribution in [0.3, 0.4) is 0 Å². The Kier molecular flexibility index (Phi) is 4.42. The van der Waals surface area contributed by atoms with Crippen molar-refractivity contribution in [2.75, 3.05) is 12.4 Å². The normalized spacial score (nSPS) is 10.1. The average molecular weight is 367 g/mol. The van der Waals surface area contributed by atoms with Crippen LogP contribution in [-0.4, -0.2) is 13.0 Å². The predicted octanol–water partition coefficient (Wildman–Crippen LogP) is 3.86. The molecule has 0 atom stereocenters. The highest BCUT2D eigenvalue weighted by molar-refractivity contribution is 14.1. The smallest absolute Gasteiger partial charge is 0.255 e. The van der Waals surface area contributed by atoms with Gasteiger partial charge in [0.2, 0.25) is 0 Å². The van der Waals surface area contributed by atoms with E-state index in [1.165, 1.54) is 0 Å². The van der Waals surface area contributed by atoms with Gasteiger partial charge in [0.1, 0.15) is 5.75 Å². The van der Waals surface area contributed by atoms with Crippen molar-refractivity contribution in [2.45, 2.75) is 6.92 Å². The zero-order chi connectivity index (χ0) is 13.8. The molecule has 2 aromatic carbocycles. The summed E-state index contributed by atoms with van der Waals surface area (Å²) in [4.78, 5) is 12.1. The number of benzene rings is 2. The average Bonchev–Trinajstić information content (AvgIpc) is 2.39. The van der Waals surface area contributed by atoms with Crippen molar-refractivity contribution in [3.05, 3.63) is 57.2 Å². The number of aryl methyl sites for hydroxylation is 1. The molecule has 0 saturated heterocycles. The Morgan fingerprint density at radius 3 is 2.68 bits per heavy atom. The molecule has 19 heavy (non-hydrogen) atoms. The summed E-state index contributed by atoms with van der Waals surface area (Å²) < 4.78 is 6.30. The van der Waals surface area contributed by atoms with Gasteiger partial charge in [0.15, 0.2) is 0 Å². The van der Waals surface area contributed by atoms with Crippen LogP contribution in [0.1, 0.15) is 15.9 Å². The topological polar surface area (TPSA) is 38.3 Å². The highest BCUT2D eigenvalue weighted by atomic mass is 127. The second-order valence-corrected chi connectivity index (χ2v) is 5.39. The molecule has 1 N–H and O–H groups in total. The molecular formula is C15H14INO2. The Hall–Kier alpha value is -1.56. The van der Waals surface area contributed by atoms with Gasteiger partial charge in [0, 0.05) is 14.8 Å². The molecule has 0 unspecified atom stereocenters. The first-order valence-corrected chi connectivity index (χ1v) is 6.89. The van der Waals surface area contributed by atoms with Crippen LogP contribution in [0.15, 0.2) is 42.5 Å². The third kappa shape index (κ3) is 3.47. The summed E-state index contributed by atoms with van der Waals surface area (Å²) in [5, 5.41) is 2.87. The fourth-order valence-electron chi connectivity index (χ4n) is 1.73. The Balaban J connectivity index is 2.20. The fourth-order valence-corrected chi connectivity index (χ4v) is 2.27.